The van der Waals surface area contributed by atoms with Crippen LogP contribution in [-0.4, -0.2) is 22.8 Å². The molecule has 1 aliphatic heterocycles. The van der Waals surface area contributed by atoms with Gasteiger partial charge in [-0.3, -0.25) is 14.9 Å². The number of amides is 2. The summed E-state index contributed by atoms with van der Waals surface area (Å²) >= 11 is 1.52. The number of anilines is 1. The van der Waals surface area contributed by atoms with E-state index in [4.69, 9.17) is 0 Å². The second kappa shape index (κ2) is 4.21. The highest BCUT2D eigenvalue weighted by Gasteiger charge is 2.31. The Bertz CT molecular complexity index is 441. The fourth-order valence-electron chi connectivity index (χ4n) is 1.64. The molecule has 0 saturated carbocycles. The van der Waals surface area contributed by atoms with E-state index >= 15 is 0 Å². The molecule has 0 radical (unpaired) electrons. The van der Waals surface area contributed by atoms with Crippen LogP contribution in [0, 0.1) is 6.92 Å². The molecule has 2 rings (SSSR count). The number of hydrogen-bond acceptors (Lipinski definition) is 5. The van der Waals surface area contributed by atoms with Crippen molar-refractivity contribution in [2.45, 2.75) is 32.7 Å². The Morgan fingerprint density at radius 1 is 1.56 bits per heavy atom. The number of nitrogens with zero attached hydrogens (tertiary/aromatic N) is 1. The fraction of sp³-hybridized carbons (Fsp3) is 0.500. The Morgan fingerprint density at radius 3 is 2.81 bits per heavy atom. The van der Waals surface area contributed by atoms with E-state index < -0.39 is 6.04 Å². The van der Waals surface area contributed by atoms with Crippen LogP contribution in [-0.2, 0) is 16.0 Å². The van der Waals surface area contributed by atoms with Crippen LogP contribution < -0.4 is 10.6 Å². The van der Waals surface area contributed by atoms with Crippen LogP contribution in [0.1, 0.15) is 23.9 Å². The molecule has 0 bridgehead atoms. The van der Waals surface area contributed by atoms with Gasteiger partial charge in [-0.25, -0.2) is 4.98 Å². The summed E-state index contributed by atoms with van der Waals surface area (Å²) in [5.41, 5.74) is 1.04. The smallest absolute Gasteiger partial charge is 0.249 e. The number of aryl methyl sites for hydroxylation is 2. The molecule has 2 heterocycles. The first-order valence-electron chi connectivity index (χ1n) is 5.16. The van der Waals surface area contributed by atoms with Crippen LogP contribution >= 0.6 is 11.3 Å². The number of nitrogens with one attached hydrogen (secondary N) is 2. The Hall–Kier alpha value is -1.43. The molecule has 1 saturated heterocycles. The highest BCUT2D eigenvalue weighted by Crippen LogP contribution is 2.23. The first-order chi connectivity index (χ1) is 7.60. The Labute approximate surface area is 97.3 Å². The lowest BCUT2D eigenvalue weighted by Gasteiger charge is -2.06. The second-order valence-electron chi connectivity index (χ2n) is 3.69. The van der Waals surface area contributed by atoms with Gasteiger partial charge in [-0.1, -0.05) is 6.92 Å². The number of thiazole rings is 1. The SMILES string of the molecule is CCc1nc(NC2CC(=O)NC2=O)sc1C. The van der Waals surface area contributed by atoms with E-state index in [2.05, 4.69) is 15.6 Å². The van der Waals surface area contributed by atoms with Gasteiger partial charge in [-0.15, -0.1) is 11.3 Å². The van der Waals surface area contributed by atoms with Crippen molar-refractivity contribution in [3.05, 3.63) is 10.6 Å². The standard InChI is InChI=1S/C10H13N3O2S/c1-3-6-5(2)16-10(11-6)12-7-4-8(14)13-9(7)15/h7H,3-4H2,1-2H3,(H,11,12)(H,13,14,15). The molecular weight excluding hydrogens is 226 g/mol. The molecule has 1 atom stereocenters. The van der Waals surface area contributed by atoms with Gasteiger partial charge in [0.25, 0.3) is 0 Å². The summed E-state index contributed by atoms with van der Waals surface area (Å²) in [4.78, 5) is 27.8. The van der Waals surface area contributed by atoms with Gasteiger partial charge in [0.2, 0.25) is 11.8 Å². The maximum Gasteiger partial charge on any atom is 0.249 e. The fourth-order valence-corrected chi connectivity index (χ4v) is 2.59. The third-order valence-electron chi connectivity index (χ3n) is 2.49. The van der Waals surface area contributed by atoms with Gasteiger partial charge in [-0.2, -0.15) is 0 Å². The summed E-state index contributed by atoms with van der Waals surface area (Å²) in [7, 11) is 0. The van der Waals surface area contributed by atoms with Crippen molar-refractivity contribution in [2.24, 2.45) is 0 Å². The number of carbonyl (C=O) groups is 2. The predicted molar refractivity (Wildman–Crippen MR) is 61.4 cm³/mol. The van der Waals surface area contributed by atoms with Crippen molar-refractivity contribution in [3.8, 4) is 0 Å². The lowest BCUT2D eigenvalue weighted by Crippen LogP contribution is -2.29. The Balaban J connectivity index is 2.09. The average molecular weight is 239 g/mol. The first-order valence-corrected chi connectivity index (χ1v) is 5.98. The molecule has 1 aromatic heterocycles. The third kappa shape index (κ3) is 2.06. The molecule has 0 spiro atoms. The van der Waals surface area contributed by atoms with Crippen LogP contribution in [0.2, 0.25) is 0 Å². The lowest BCUT2D eigenvalue weighted by molar-refractivity contribution is -0.124. The number of carbonyl (C=O) groups excluding carboxylic acids is 2. The summed E-state index contributed by atoms with van der Waals surface area (Å²) in [5, 5.41) is 5.96. The van der Waals surface area contributed by atoms with Gasteiger partial charge < -0.3 is 5.32 Å². The van der Waals surface area contributed by atoms with Crippen molar-refractivity contribution in [1.29, 1.82) is 0 Å². The van der Waals surface area contributed by atoms with E-state index in [1.165, 1.54) is 11.3 Å². The summed E-state index contributed by atoms with van der Waals surface area (Å²) in [6.07, 6.45) is 1.07. The Morgan fingerprint density at radius 2 is 2.31 bits per heavy atom. The molecule has 1 unspecified atom stereocenters. The zero-order chi connectivity index (χ0) is 11.7. The minimum atomic E-state index is -0.470. The molecule has 1 aliphatic rings. The molecular formula is C10H13N3O2S. The number of aromatic nitrogens is 1. The molecule has 1 aromatic rings. The molecule has 5 nitrogen and oxygen atoms in total. The zero-order valence-corrected chi connectivity index (χ0v) is 9.98. The maximum absolute atomic E-state index is 11.3. The number of rotatable bonds is 3. The van der Waals surface area contributed by atoms with Gasteiger partial charge in [-0.05, 0) is 13.3 Å². The topological polar surface area (TPSA) is 71.1 Å². The minimum Gasteiger partial charge on any atom is -0.349 e. The maximum atomic E-state index is 11.3. The predicted octanol–water partition coefficient (Wildman–Crippen LogP) is 0.841. The largest absolute Gasteiger partial charge is 0.349 e. The van der Waals surface area contributed by atoms with E-state index in [1.807, 2.05) is 13.8 Å². The molecule has 0 aliphatic carbocycles. The summed E-state index contributed by atoms with van der Waals surface area (Å²) < 4.78 is 0. The minimum absolute atomic E-state index is 0.193. The Kier molecular flexibility index (Phi) is 2.91. The molecule has 16 heavy (non-hydrogen) atoms. The van der Waals surface area contributed by atoms with Crippen molar-refractivity contribution >= 4 is 28.3 Å². The highest BCUT2D eigenvalue weighted by atomic mass is 32.1. The second-order valence-corrected chi connectivity index (χ2v) is 4.89. The monoisotopic (exact) mass is 239 g/mol. The lowest BCUT2D eigenvalue weighted by atomic mass is 10.2. The van der Waals surface area contributed by atoms with Gasteiger partial charge in [0.05, 0.1) is 12.1 Å². The number of hydrogen-bond donors (Lipinski definition) is 2. The van der Waals surface area contributed by atoms with Crippen molar-refractivity contribution in [2.75, 3.05) is 5.32 Å². The van der Waals surface area contributed by atoms with E-state index in [1.54, 1.807) is 0 Å². The van der Waals surface area contributed by atoms with Crippen LogP contribution in [0.4, 0.5) is 5.13 Å². The summed E-state index contributed by atoms with van der Waals surface area (Å²) in [6.45, 7) is 4.04. The first kappa shape index (κ1) is 11.1. The van der Waals surface area contributed by atoms with Gasteiger partial charge in [0.1, 0.15) is 6.04 Å². The highest BCUT2D eigenvalue weighted by molar-refractivity contribution is 7.15. The third-order valence-corrected chi connectivity index (χ3v) is 3.44. The van der Waals surface area contributed by atoms with Crippen molar-refractivity contribution in [1.82, 2.24) is 10.3 Å². The summed E-state index contributed by atoms with van der Waals surface area (Å²) in [5.74, 6) is -0.498. The van der Waals surface area contributed by atoms with E-state index in [-0.39, 0.29) is 18.2 Å². The van der Waals surface area contributed by atoms with E-state index in [9.17, 15) is 9.59 Å². The molecule has 6 heteroatoms. The zero-order valence-electron chi connectivity index (χ0n) is 9.16. The normalized spacial score (nSPS) is 20.0. The van der Waals surface area contributed by atoms with Crippen molar-refractivity contribution in [3.63, 3.8) is 0 Å². The van der Waals surface area contributed by atoms with Crippen LogP contribution in [0.25, 0.3) is 0 Å². The average Bonchev–Trinajstić information content (AvgIpc) is 2.71. The molecule has 86 valence electrons. The quantitative estimate of drug-likeness (QED) is 0.767. The van der Waals surface area contributed by atoms with Gasteiger partial charge >= 0.3 is 0 Å². The molecule has 2 N–H and O–H groups in total. The van der Waals surface area contributed by atoms with Gasteiger partial charge in [0, 0.05) is 4.88 Å². The van der Waals surface area contributed by atoms with Gasteiger partial charge in [0.15, 0.2) is 5.13 Å². The van der Waals surface area contributed by atoms with E-state index in [0.29, 0.717) is 5.13 Å². The summed E-state index contributed by atoms with van der Waals surface area (Å²) in [6, 6.07) is -0.470. The molecule has 0 aromatic carbocycles. The van der Waals surface area contributed by atoms with Crippen molar-refractivity contribution < 1.29 is 9.59 Å². The van der Waals surface area contributed by atoms with E-state index in [0.717, 1.165) is 17.0 Å². The molecule has 1 fully saturated rings. The van der Waals surface area contributed by atoms with Crippen LogP contribution in [0.5, 0.6) is 0 Å². The number of imide groups is 1. The van der Waals surface area contributed by atoms with Crippen LogP contribution in [0.3, 0.4) is 0 Å². The van der Waals surface area contributed by atoms with Crippen LogP contribution in [0.15, 0.2) is 0 Å². The molecule has 2 amide bonds.